The second kappa shape index (κ2) is 6.38. The molecule has 1 aromatic carbocycles. The van der Waals surface area contributed by atoms with E-state index < -0.39 is 0 Å². The number of halogens is 3. The zero-order valence-electron chi connectivity index (χ0n) is 9.69. The molecular formula is C12H14BrClINO. The van der Waals surface area contributed by atoms with Crippen molar-refractivity contribution in [3.8, 4) is 0 Å². The van der Waals surface area contributed by atoms with Crippen LogP contribution in [0.25, 0.3) is 0 Å². The Balaban J connectivity index is 2.94. The number of benzene rings is 1. The lowest BCUT2D eigenvalue weighted by Gasteiger charge is -2.27. The molecule has 0 saturated carbocycles. The first-order valence-corrected chi connectivity index (χ1v) is 7.66. The third kappa shape index (κ3) is 4.10. The third-order valence-corrected chi connectivity index (χ3v) is 4.69. The van der Waals surface area contributed by atoms with Gasteiger partial charge in [0.1, 0.15) is 0 Å². The average molecular weight is 431 g/mol. The molecule has 0 fully saturated rings. The number of alkyl halides is 1. The van der Waals surface area contributed by atoms with E-state index in [4.69, 9.17) is 11.6 Å². The van der Waals surface area contributed by atoms with E-state index in [-0.39, 0.29) is 11.4 Å². The van der Waals surface area contributed by atoms with Gasteiger partial charge >= 0.3 is 0 Å². The molecule has 1 unspecified atom stereocenters. The quantitative estimate of drug-likeness (QED) is 0.563. The van der Waals surface area contributed by atoms with Crippen LogP contribution in [-0.4, -0.2) is 17.3 Å². The highest BCUT2D eigenvalue weighted by molar-refractivity contribution is 14.1. The van der Waals surface area contributed by atoms with Gasteiger partial charge in [-0.15, -0.1) is 11.6 Å². The highest BCUT2D eigenvalue weighted by Crippen LogP contribution is 2.20. The smallest absolute Gasteiger partial charge is 0.252 e. The maximum atomic E-state index is 12.2. The molecule has 1 aromatic rings. The Bertz CT molecular complexity index is 421. The topological polar surface area (TPSA) is 29.1 Å². The molecule has 1 rings (SSSR count). The molecule has 0 radical (unpaired) electrons. The number of rotatable bonds is 4. The van der Waals surface area contributed by atoms with Crippen LogP contribution in [0.5, 0.6) is 0 Å². The van der Waals surface area contributed by atoms with E-state index >= 15 is 0 Å². The van der Waals surface area contributed by atoms with Crippen LogP contribution in [0, 0.1) is 3.57 Å². The first-order valence-electron chi connectivity index (χ1n) is 5.25. The van der Waals surface area contributed by atoms with Crippen molar-refractivity contribution >= 4 is 56.0 Å². The molecule has 0 aromatic heterocycles. The molecule has 17 heavy (non-hydrogen) atoms. The van der Waals surface area contributed by atoms with Gasteiger partial charge in [0, 0.05) is 13.9 Å². The van der Waals surface area contributed by atoms with Crippen molar-refractivity contribution in [1.29, 1.82) is 0 Å². The van der Waals surface area contributed by atoms with Crippen molar-refractivity contribution in [2.24, 2.45) is 0 Å². The van der Waals surface area contributed by atoms with Crippen LogP contribution in [0.3, 0.4) is 0 Å². The Morgan fingerprint density at radius 1 is 1.59 bits per heavy atom. The summed E-state index contributed by atoms with van der Waals surface area (Å²) < 4.78 is 1.82. The number of hydrogen-bond donors (Lipinski definition) is 1. The van der Waals surface area contributed by atoms with Crippen LogP contribution in [-0.2, 0) is 0 Å². The van der Waals surface area contributed by atoms with E-state index in [1.165, 1.54) is 0 Å². The van der Waals surface area contributed by atoms with Gasteiger partial charge in [0.25, 0.3) is 5.91 Å². The summed E-state index contributed by atoms with van der Waals surface area (Å²) in [4.78, 5) is 12.2. The van der Waals surface area contributed by atoms with Crippen molar-refractivity contribution < 1.29 is 4.79 Å². The number of amides is 1. The first kappa shape index (κ1) is 15.2. The van der Waals surface area contributed by atoms with E-state index in [1.807, 2.05) is 32.0 Å². The van der Waals surface area contributed by atoms with Crippen LogP contribution in [0.2, 0.25) is 0 Å². The third-order valence-electron chi connectivity index (χ3n) is 2.66. The first-order chi connectivity index (χ1) is 7.91. The van der Waals surface area contributed by atoms with E-state index in [1.54, 1.807) is 0 Å². The minimum atomic E-state index is -0.357. The Morgan fingerprint density at radius 2 is 2.24 bits per heavy atom. The molecule has 0 spiro atoms. The number of carbonyl (C=O) groups excluding carboxylic acids is 1. The molecule has 2 nitrogen and oxygen atoms in total. The summed E-state index contributed by atoms with van der Waals surface area (Å²) in [6.07, 6.45) is 0.798. The zero-order chi connectivity index (χ0) is 13.1. The monoisotopic (exact) mass is 429 g/mol. The predicted octanol–water partition coefficient (Wildman–Crippen LogP) is 4.19. The highest BCUT2D eigenvalue weighted by Gasteiger charge is 2.24. The van der Waals surface area contributed by atoms with Gasteiger partial charge in [0.2, 0.25) is 0 Å². The minimum Gasteiger partial charge on any atom is -0.346 e. The van der Waals surface area contributed by atoms with E-state index in [0.29, 0.717) is 11.4 Å². The lowest BCUT2D eigenvalue weighted by atomic mass is 10.0. The summed E-state index contributed by atoms with van der Waals surface area (Å²) in [7, 11) is 0. The summed E-state index contributed by atoms with van der Waals surface area (Å²) in [5, 5.41) is 2.98. The standard InChI is InChI=1S/C12H14BrClINO/c1-3-12(2,7-14)16-11(17)9-6-8(13)4-5-10(9)15/h4-6H,3,7H2,1-2H3,(H,16,17). The van der Waals surface area contributed by atoms with Crippen molar-refractivity contribution in [2.75, 3.05) is 5.88 Å². The maximum Gasteiger partial charge on any atom is 0.252 e. The van der Waals surface area contributed by atoms with Crippen molar-refractivity contribution in [1.82, 2.24) is 5.32 Å². The van der Waals surface area contributed by atoms with E-state index in [9.17, 15) is 4.79 Å². The van der Waals surface area contributed by atoms with Gasteiger partial charge in [0.15, 0.2) is 0 Å². The number of nitrogens with one attached hydrogen (secondary N) is 1. The predicted molar refractivity (Wildman–Crippen MR) is 83.7 cm³/mol. The summed E-state index contributed by atoms with van der Waals surface area (Å²) in [5.74, 6) is 0.320. The van der Waals surface area contributed by atoms with Crippen LogP contribution < -0.4 is 5.32 Å². The van der Waals surface area contributed by atoms with Gasteiger partial charge in [-0.05, 0) is 54.1 Å². The van der Waals surface area contributed by atoms with Gasteiger partial charge in [-0.25, -0.2) is 0 Å². The average Bonchev–Trinajstić information content (AvgIpc) is 2.32. The molecule has 0 aliphatic carbocycles. The second-order valence-corrected chi connectivity index (χ2v) is 6.47. The summed E-state index contributed by atoms with van der Waals surface area (Å²) in [5.41, 5.74) is 0.314. The Morgan fingerprint density at radius 3 is 2.76 bits per heavy atom. The van der Waals surface area contributed by atoms with Crippen LogP contribution in [0.1, 0.15) is 30.6 Å². The van der Waals surface area contributed by atoms with Gasteiger partial charge in [0.05, 0.1) is 11.1 Å². The normalized spacial score (nSPS) is 14.2. The fraction of sp³-hybridized carbons (Fsp3) is 0.417. The molecule has 5 heteroatoms. The molecule has 0 heterocycles. The van der Waals surface area contributed by atoms with Crippen LogP contribution in [0.15, 0.2) is 22.7 Å². The second-order valence-electron chi connectivity index (χ2n) is 4.13. The van der Waals surface area contributed by atoms with Gasteiger partial charge in [-0.2, -0.15) is 0 Å². The maximum absolute atomic E-state index is 12.2. The fourth-order valence-electron chi connectivity index (χ4n) is 1.23. The molecule has 1 amide bonds. The molecule has 0 aliphatic rings. The van der Waals surface area contributed by atoms with E-state index in [2.05, 4.69) is 43.8 Å². The van der Waals surface area contributed by atoms with Gasteiger partial charge < -0.3 is 5.32 Å². The van der Waals surface area contributed by atoms with Crippen molar-refractivity contribution in [3.05, 3.63) is 31.8 Å². The fourth-order valence-corrected chi connectivity index (χ4v) is 2.43. The lowest BCUT2D eigenvalue weighted by molar-refractivity contribution is 0.0911. The zero-order valence-corrected chi connectivity index (χ0v) is 14.2. The van der Waals surface area contributed by atoms with E-state index in [0.717, 1.165) is 14.5 Å². The Hall–Kier alpha value is 0.190. The molecule has 0 bridgehead atoms. The molecule has 0 aliphatic heterocycles. The summed E-state index contributed by atoms with van der Waals surface area (Å²) >= 11 is 11.4. The SMILES string of the molecule is CCC(C)(CCl)NC(=O)c1cc(Br)ccc1I. The van der Waals surface area contributed by atoms with Crippen molar-refractivity contribution in [2.45, 2.75) is 25.8 Å². The largest absolute Gasteiger partial charge is 0.346 e. The Kier molecular flexibility index (Phi) is 5.73. The highest BCUT2D eigenvalue weighted by atomic mass is 127. The molecule has 0 saturated heterocycles. The molecule has 1 atom stereocenters. The minimum absolute atomic E-state index is 0.0827. The number of hydrogen-bond acceptors (Lipinski definition) is 1. The Labute approximate surface area is 129 Å². The van der Waals surface area contributed by atoms with Crippen LogP contribution >= 0.6 is 50.1 Å². The molecule has 94 valence electrons. The van der Waals surface area contributed by atoms with Gasteiger partial charge in [-0.3, -0.25) is 4.79 Å². The van der Waals surface area contributed by atoms with Gasteiger partial charge in [-0.1, -0.05) is 22.9 Å². The summed E-state index contributed by atoms with van der Waals surface area (Å²) in [6, 6.07) is 5.64. The lowest BCUT2D eigenvalue weighted by Crippen LogP contribution is -2.47. The summed E-state index contributed by atoms with van der Waals surface area (Å²) in [6.45, 7) is 3.96. The molecule has 1 N–H and O–H groups in total. The van der Waals surface area contributed by atoms with Crippen molar-refractivity contribution in [3.63, 3.8) is 0 Å². The number of carbonyl (C=O) groups is 1. The molecular weight excluding hydrogens is 416 g/mol. The van der Waals surface area contributed by atoms with Crippen LogP contribution in [0.4, 0.5) is 0 Å².